The second-order valence-corrected chi connectivity index (χ2v) is 5.16. The van der Waals surface area contributed by atoms with Crippen LogP contribution in [-0.2, 0) is 4.74 Å². The maximum atomic E-state index is 10.9. The molecule has 110 valence electrons. The molecule has 1 aromatic carbocycles. The highest BCUT2D eigenvalue weighted by molar-refractivity contribution is 5.90. The van der Waals surface area contributed by atoms with Crippen molar-refractivity contribution in [3.8, 4) is 0 Å². The molecular weight excluding hydrogens is 256 g/mol. The minimum atomic E-state index is -0.953. The van der Waals surface area contributed by atoms with Crippen LogP contribution in [0.5, 0.6) is 0 Å². The Kier molecular flexibility index (Phi) is 4.84. The first-order chi connectivity index (χ1) is 9.61. The fraction of sp³-hybridized carbons (Fsp3) is 0.533. The SMILES string of the molecule is CCCOC1CCCN(c2ccc(C(=O)O)cc2N)C1. The molecule has 0 saturated carbocycles. The van der Waals surface area contributed by atoms with Gasteiger partial charge in [0.25, 0.3) is 0 Å². The van der Waals surface area contributed by atoms with Crippen molar-refractivity contribution in [2.75, 3.05) is 30.3 Å². The zero-order valence-corrected chi connectivity index (χ0v) is 11.8. The molecular formula is C15H22N2O3. The molecule has 1 aliphatic rings. The molecule has 1 atom stereocenters. The summed E-state index contributed by atoms with van der Waals surface area (Å²) in [5, 5.41) is 8.96. The molecule has 5 nitrogen and oxygen atoms in total. The van der Waals surface area contributed by atoms with Gasteiger partial charge in [-0.3, -0.25) is 0 Å². The molecule has 1 aromatic rings. The highest BCUT2D eigenvalue weighted by atomic mass is 16.5. The Morgan fingerprint density at radius 2 is 2.35 bits per heavy atom. The number of nitrogen functional groups attached to an aromatic ring is 1. The number of carbonyl (C=O) groups is 1. The van der Waals surface area contributed by atoms with Crippen molar-refractivity contribution in [3.05, 3.63) is 23.8 Å². The highest BCUT2D eigenvalue weighted by Gasteiger charge is 2.22. The number of anilines is 2. The van der Waals surface area contributed by atoms with E-state index in [0.717, 1.165) is 44.6 Å². The summed E-state index contributed by atoms with van der Waals surface area (Å²) >= 11 is 0. The third-order valence-corrected chi connectivity index (χ3v) is 3.55. The molecule has 0 spiro atoms. The summed E-state index contributed by atoms with van der Waals surface area (Å²) in [6, 6.07) is 4.92. The highest BCUT2D eigenvalue weighted by Crippen LogP contribution is 2.28. The first kappa shape index (κ1) is 14.7. The standard InChI is InChI=1S/C15H22N2O3/c1-2-8-20-12-4-3-7-17(10-12)14-6-5-11(15(18)19)9-13(14)16/h5-6,9,12H,2-4,7-8,10,16H2,1H3,(H,18,19). The van der Waals surface area contributed by atoms with Crippen molar-refractivity contribution in [1.29, 1.82) is 0 Å². The van der Waals surface area contributed by atoms with Gasteiger partial charge in [-0.15, -0.1) is 0 Å². The lowest BCUT2D eigenvalue weighted by Crippen LogP contribution is -2.40. The van der Waals surface area contributed by atoms with Gasteiger partial charge in [-0.1, -0.05) is 6.92 Å². The van der Waals surface area contributed by atoms with Gasteiger partial charge in [-0.05, 0) is 37.5 Å². The van der Waals surface area contributed by atoms with E-state index in [1.54, 1.807) is 12.1 Å². The van der Waals surface area contributed by atoms with Crippen LogP contribution in [0.25, 0.3) is 0 Å². The van der Waals surface area contributed by atoms with E-state index in [9.17, 15) is 4.79 Å². The maximum absolute atomic E-state index is 10.9. The number of piperidine rings is 1. The third-order valence-electron chi connectivity index (χ3n) is 3.55. The zero-order valence-electron chi connectivity index (χ0n) is 11.8. The van der Waals surface area contributed by atoms with Crippen LogP contribution in [0.4, 0.5) is 11.4 Å². The van der Waals surface area contributed by atoms with E-state index >= 15 is 0 Å². The lowest BCUT2D eigenvalue weighted by atomic mass is 10.1. The Labute approximate surface area is 119 Å². The fourth-order valence-corrected chi connectivity index (χ4v) is 2.55. The van der Waals surface area contributed by atoms with E-state index < -0.39 is 5.97 Å². The van der Waals surface area contributed by atoms with Crippen molar-refractivity contribution >= 4 is 17.3 Å². The van der Waals surface area contributed by atoms with Crippen LogP contribution in [-0.4, -0.2) is 36.9 Å². The van der Waals surface area contributed by atoms with Crippen molar-refractivity contribution < 1.29 is 14.6 Å². The Morgan fingerprint density at radius 3 is 3.00 bits per heavy atom. The van der Waals surface area contributed by atoms with Gasteiger partial charge in [0.05, 0.1) is 23.0 Å². The molecule has 20 heavy (non-hydrogen) atoms. The third kappa shape index (κ3) is 3.42. The second kappa shape index (κ2) is 6.61. The summed E-state index contributed by atoms with van der Waals surface area (Å²) in [7, 11) is 0. The predicted octanol–water partition coefficient (Wildman–Crippen LogP) is 2.36. The molecule has 0 aliphatic carbocycles. The Bertz CT molecular complexity index is 476. The van der Waals surface area contributed by atoms with Gasteiger partial charge in [-0.2, -0.15) is 0 Å². The second-order valence-electron chi connectivity index (χ2n) is 5.16. The summed E-state index contributed by atoms with van der Waals surface area (Å²) in [4.78, 5) is 13.1. The van der Waals surface area contributed by atoms with Crippen LogP contribution in [0.3, 0.4) is 0 Å². The summed E-state index contributed by atoms with van der Waals surface area (Å²) in [5.74, 6) is -0.953. The number of rotatable bonds is 5. The van der Waals surface area contributed by atoms with Crippen molar-refractivity contribution in [3.63, 3.8) is 0 Å². The molecule has 0 bridgehead atoms. The lowest BCUT2D eigenvalue weighted by molar-refractivity contribution is 0.0441. The van der Waals surface area contributed by atoms with E-state index in [2.05, 4.69) is 11.8 Å². The van der Waals surface area contributed by atoms with E-state index in [0.29, 0.717) is 5.69 Å². The first-order valence-corrected chi connectivity index (χ1v) is 7.11. The minimum Gasteiger partial charge on any atom is -0.478 e. The molecule has 2 rings (SSSR count). The lowest BCUT2D eigenvalue weighted by Gasteiger charge is -2.35. The molecule has 0 amide bonds. The van der Waals surface area contributed by atoms with Crippen molar-refractivity contribution in [1.82, 2.24) is 0 Å². The molecule has 3 N–H and O–H groups in total. The summed E-state index contributed by atoms with van der Waals surface area (Å²) in [6.45, 7) is 4.63. The van der Waals surface area contributed by atoms with Gasteiger partial charge in [0.1, 0.15) is 0 Å². The normalized spacial score (nSPS) is 19.1. The Hall–Kier alpha value is -1.75. The summed E-state index contributed by atoms with van der Waals surface area (Å²) < 4.78 is 5.81. The van der Waals surface area contributed by atoms with Gasteiger partial charge in [-0.25, -0.2) is 4.79 Å². The molecule has 1 saturated heterocycles. The number of ether oxygens (including phenoxy) is 1. The van der Waals surface area contributed by atoms with E-state index in [-0.39, 0.29) is 11.7 Å². The average Bonchev–Trinajstić information content (AvgIpc) is 2.45. The molecule has 0 radical (unpaired) electrons. The first-order valence-electron chi connectivity index (χ1n) is 7.11. The number of nitrogens with zero attached hydrogens (tertiary/aromatic N) is 1. The topological polar surface area (TPSA) is 75.8 Å². The summed E-state index contributed by atoms with van der Waals surface area (Å²) in [6.07, 6.45) is 3.40. The van der Waals surface area contributed by atoms with Crippen LogP contribution in [0.1, 0.15) is 36.5 Å². The quantitative estimate of drug-likeness (QED) is 0.809. The molecule has 0 aromatic heterocycles. The molecule has 1 fully saturated rings. The molecule has 5 heteroatoms. The zero-order chi connectivity index (χ0) is 14.5. The molecule has 1 aliphatic heterocycles. The Balaban J connectivity index is 2.08. The molecule has 1 heterocycles. The monoisotopic (exact) mass is 278 g/mol. The number of aromatic carboxylic acids is 1. The fourth-order valence-electron chi connectivity index (χ4n) is 2.55. The van der Waals surface area contributed by atoms with E-state index in [1.165, 1.54) is 6.07 Å². The van der Waals surface area contributed by atoms with Crippen LogP contribution in [0.2, 0.25) is 0 Å². The number of hydrogen-bond acceptors (Lipinski definition) is 4. The average molecular weight is 278 g/mol. The Morgan fingerprint density at radius 1 is 1.55 bits per heavy atom. The largest absolute Gasteiger partial charge is 0.478 e. The van der Waals surface area contributed by atoms with E-state index in [1.807, 2.05) is 0 Å². The van der Waals surface area contributed by atoms with Crippen molar-refractivity contribution in [2.24, 2.45) is 0 Å². The van der Waals surface area contributed by atoms with Crippen LogP contribution >= 0.6 is 0 Å². The minimum absolute atomic E-state index is 0.224. The van der Waals surface area contributed by atoms with Gasteiger partial charge >= 0.3 is 5.97 Å². The number of benzene rings is 1. The van der Waals surface area contributed by atoms with E-state index in [4.69, 9.17) is 15.6 Å². The van der Waals surface area contributed by atoms with Gasteiger partial charge < -0.3 is 20.5 Å². The predicted molar refractivity (Wildman–Crippen MR) is 79.3 cm³/mol. The number of hydrogen-bond donors (Lipinski definition) is 2. The van der Waals surface area contributed by atoms with Gasteiger partial charge in [0, 0.05) is 19.7 Å². The van der Waals surface area contributed by atoms with Gasteiger partial charge in [0.15, 0.2) is 0 Å². The van der Waals surface area contributed by atoms with Crippen molar-refractivity contribution in [2.45, 2.75) is 32.3 Å². The number of carboxylic acids is 1. The van der Waals surface area contributed by atoms with Crippen LogP contribution in [0.15, 0.2) is 18.2 Å². The van der Waals surface area contributed by atoms with Crippen LogP contribution < -0.4 is 10.6 Å². The smallest absolute Gasteiger partial charge is 0.335 e. The van der Waals surface area contributed by atoms with Gasteiger partial charge in [0.2, 0.25) is 0 Å². The summed E-state index contributed by atoms with van der Waals surface area (Å²) in [5.41, 5.74) is 7.63. The molecule has 1 unspecified atom stereocenters. The maximum Gasteiger partial charge on any atom is 0.335 e. The van der Waals surface area contributed by atoms with Crippen LogP contribution in [0, 0.1) is 0 Å². The number of carboxylic acid groups (broad SMARTS) is 1. The number of nitrogens with two attached hydrogens (primary N) is 1.